The van der Waals surface area contributed by atoms with E-state index >= 15 is 0 Å². The number of aryl methyl sites for hydroxylation is 1. The zero-order valence-corrected chi connectivity index (χ0v) is 25.8. The summed E-state index contributed by atoms with van der Waals surface area (Å²) in [6.07, 6.45) is 6.52. The second-order valence-electron chi connectivity index (χ2n) is 9.74. The van der Waals surface area contributed by atoms with Gasteiger partial charge in [0.25, 0.3) is 0 Å². The fourth-order valence-corrected chi connectivity index (χ4v) is 6.10. The quantitative estimate of drug-likeness (QED) is 0.339. The predicted octanol–water partition coefficient (Wildman–Crippen LogP) is 6.09. The van der Waals surface area contributed by atoms with E-state index in [0.29, 0.717) is 27.7 Å². The zero-order chi connectivity index (χ0) is 28.0. The summed E-state index contributed by atoms with van der Waals surface area (Å²) in [6, 6.07) is 9.41. The lowest BCUT2D eigenvalue weighted by atomic mass is 9.95. The molecule has 38 heavy (non-hydrogen) atoms. The van der Waals surface area contributed by atoms with E-state index in [1.807, 2.05) is 13.8 Å². The molecule has 0 aromatic heterocycles. The van der Waals surface area contributed by atoms with Crippen LogP contribution in [0.1, 0.15) is 56.6 Å². The molecule has 1 aliphatic rings. The van der Waals surface area contributed by atoms with E-state index in [0.717, 1.165) is 52.7 Å². The second kappa shape index (κ2) is 13.5. The van der Waals surface area contributed by atoms with Gasteiger partial charge in [-0.15, -0.1) is 0 Å². The van der Waals surface area contributed by atoms with Crippen molar-refractivity contribution in [1.29, 1.82) is 0 Å². The highest BCUT2D eigenvalue weighted by atomic mass is 79.9. The molecule has 0 heterocycles. The van der Waals surface area contributed by atoms with Crippen LogP contribution in [0, 0.1) is 6.92 Å². The molecular formula is C27H34BrCl2N3O4S. The number of carbonyl (C=O) groups is 2. The van der Waals surface area contributed by atoms with Gasteiger partial charge in [0.05, 0.1) is 22.0 Å². The van der Waals surface area contributed by atoms with Gasteiger partial charge >= 0.3 is 0 Å². The molecule has 2 aromatic carbocycles. The van der Waals surface area contributed by atoms with Gasteiger partial charge < -0.3 is 10.2 Å². The lowest BCUT2D eigenvalue weighted by molar-refractivity contribution is -0.140. The van der Waals surface area contributed by atoms with Gasteiger partial charge in [0.15, 0.2) is 0 Å². The first-order chi connectivity index (χ1) is 17.9. The largest absolute Gasteiger partial charge is 0.352 e. The van der Waals surface area contributed by atoms with Crippen molar-refractivity contribution in [3.05, 3.63) is 62.0 Å². The number of hydrogen-bond donors (Lipinski definition) is 1. The van der Waals surface area contributed by atoms with Crippen molar-refractivity contribution in [2.45, 2.75) is 71.0 Å². The molecule has 0 bridgehead atoms. The van der Waals surface area contributed by atoms with Gasteiger partial charge in [0.1, 0.15) is 12.6 Å². The molecule has 7 nitrogen and oxygen atoms in total. The van der Waals surface area contributed by atoms with Gasteiger partial charge in [-0.2, -0.15) is 0 Å². The van der Waals surface area contributed by atoms with Crippen molar-refractivity contribution in [3.63, 3.8) is 0 Å². The molecule has 1 saturated carbocycles. The molecule has 3 rings (SSSR count). The highest BCUT2D eigenvalue weighted by Crippen LogP contribution is 2.27. The molecule has 0 saturated heterocycles. The van der Waals surface area contributed by atoms with Crippen LogP contribution in [0.2, 0.25) is 10.0 Å². The standard InChI is InChI=1S/C27H34BrCl2N3O4S/c1-4-25(27(35)31-20-8-6-5-7-9-20)32(16-19-10-13-23(29)24(30)15-19)26(34)17-33(38(3,36)37)21-11-12-22(28)18(2)14-21/h10-15,20,25H,4-9,16-17H2,1-3H3,(H,31,35). The topological polar surface area (TPSA) is 86.8 Å². The third-order valence-electron chi connectivity index (χ3n) is 6.78. The van der Waals surface area contributed by atoms with Crippen LogP contribution in [-0.4, -0.2) is 50.0 Å². The molecule has 11 heteroatoms. The third-order valence-corrected chi connectivity index (χ3v) is 9.55. The molecule has 1 fully saturated rings. The summed E-state index contributed by atoms with van der Waals surface area (Å²) >= 11 is 15.7. The maximum atomic E-state index is 13.9. The van der Waals surface area contributed by atoms with E-state index in [1.54, 1.807) is 36.4 Å². The normalized spacial score (nSPS) is 15.1. The van der Waals surface area contributed by atoms with Crippen LogP contribution in [0.15, 0.2) is 40.9 Å². The first kappa shape index (κ1) is 30.7. The number of sulfonamides is 1. The predicted molar refractivity (Wildman–Crippen MR) is 157 cm³/mol. The van der Waals surface area contributed by atoms with Crippen molar-refractivity contribution in [3.8, 4) is 0 Å². The van der Waals surface area contributed by atoms with Crippen molar-refractivity contribution in [2.24, 2.45) is 0 Å². The van der Waals surface area contributed by atoms with Crippen LogP contribution in [-0.2, 0) is 26.2 Å². The van der Waals surface area contributed by atoms with E-state index in [1.165, 1.54) is 4.90 Å². The number of halogens is 3. The van der Waals surface area contributed by atoms with Crippen molar-refractivity contribution in [2.75, 3.05) is 17.1 Å². The van der Waals surface area contributed by atoms with E-state index < -0.39 is 28.5 Å². The highest BCUT2D eigenvalue weighted by molar-refractivity contribution is 9.10. The fourth-order valence-electron chi connectivity index (χ4n) is 4.70. The molecule has 0 aliphatic heterocycles. The fraction of sp³-hybridized carbons (Fsp3) is 0.481. The molecule has 2 amide bonds. The summed E-state index contributed by atoms with van der Waals surface area (Å²) in [5, 5.41) is 3.84. The Balaban J connectivity index is 1.94. The summed E-state index contributed by atoms with van der Waals surface area (Å²) in [5.74, 6) is -0.731. The molecule has 1 aliphatic carbocycles. The number of nitrogens with zero attached hydrogens (tertiary/aromatic N) is 2. The zero-order valence-electron chi connectivity index (χ0n) is 21.8. The molecule has 0 radical (unpaired) electrons. The Morgan fingerprint density at radius 2 is 1.76 bits per heavy atom. The van der Waals surface area contributed by atoms with Crippen LogP contribution in [0.4, 0.5) is 5.69 Å². The van der Waals surface area contributed by atoms with Crippen molar-refractivity contribution in [1.82, 2.24) is 10.2 Å². The number of hydrogen-bond acceptors (Lipinski definition) is 4. The monoisotopic (exact) mass is 645 g/mol. The number of carbonyl (C=O) groups excluding carboxylic acids is 2. The molecule has 1 N–H and O–H groups in total. The number of amides is 2. The molecule has 208 valence electrons. The van der Waals surface area contributed by atoms with Crippen LogP contribution < -0.4 is 9.62 Å². The van der Waals surface area contributed by atoms with Crippen molar-refractivity contribution >= 4 is 66.7 Å². The minimum atomic E-state index is -3.81. The SMILES string of the molecule is CCC(C(=O)NC1CCCCC1)N(Cc1ccc(Cl)c(Cl)c1)C(=O)CN(c1ccc(Br)c(C)c1)S(C)(=O)=O. The van der Waals surface area contributed by atoms with Gasteiger partial charge in [0, 0.05) is 17.1 Å². The Kier molecular flexibility index (Phi) is 10.9. The van der Waals surface area contributed by atoms with Gasteiger partial charge in [-0.05, 0) is 67.6 Å². The summed E-state index contributed by atoms with van der Waals surface area (Å²) in [4.78, 5) is 28.7. The van der Waals surface area contributed by atoms with Crippen LogP contribution in [0.25, 0.3) is 0 Å². The highest BCUT2D eigenvalue weighted by Gasteiger charge is 2.33. The maximum Gasteiger partial charge on any atom is 0.244 e. The average molecular weight is 647 g/mol. The maximum absolute atomic E-state index is 13.9. The summed E-state index contributed by atoms with van der Waals surface area (Å²) in [5.41, 5.74) is 1.88. The second-order valence-corrected chi connectivity index (χ2v) is 13.3. The number of nitrogens with one attached hydrogen (secondary N) is 1. The summed E-state index contributed by atoms with van der Waals surface area (Å²) < 4.78 is 27.5. The molecule has 0 spiro atoms. The molecule has 1 atom stereocenters. The van der Waals surface area contributed by atoms with Crippen LogP contribution in [0.5, 0.6) is 0 Å². The van der Waals surface area contributed by atoms with Gasteiger partial charge in [0.2, 0.25) is 21.8 Å². The lowest BCUT2D eigenvalue weighted by Crippen LogP contribution is -2.53. The third kappa shape index (κ3) is 8.10. The summed E-state index contributed by atoms with van der Waals surface area (Å²) in [7, 11) is -3.81. The van der Waals surface area contributed by atoms with E-state index in [9.17, 15) is 18.0 Å². The number of rotatable bonds is 10. The smallest absolute Gasteiger partial charge is 0.244 e. The average Bonchev–Trinajstić information content (AvgIpc) is 2.86. The Hall–Kier alpha value is -1.81. The van der Waals surface area contributed by atoms with Crippen LogP contribution >= 0.6 is 39.1 Å². The Morgan fingerprint density at radius 1 is 1.08 bits per heavy atom. The lowest BCUT2D eigenvalue weighted by Gasteiger charge is -2.34. The number of benzene rings is 2. The van der Waals surface area contributed by atoms with E-state index in [-0.39, 0.29) is 18.5 Å². The Morgan fingerprint density at radius 3 is 2.34 bits per heavy atom. The first-order valence-corrected chi connectivity index (χ1v) is 16.1. The van der Waals surface area contributed by atoms with Gasteiger partial charge in [-0.3, -0.25) is 13.9 Å². The molecule has 2 aromatic rings. The van der Waals surface area contributed by atoms with Crippen LogP contribution in [0.3, 0.4) is 0 Å². The minimum absolute atomic E-state index is 0.0727. The summed E-state index contributed by atoms with van der Waals surface area (Å²) in [6.45, 7) is 3.31. The van der Waals surface area contributed by atoms with E-state index in [2.05, 4.69) is 21.2 Å². The Labute approximate surface area is 244 Å². The molecular weight excluding hydrogens is 613 g/mol. The van der Waals surface area contributed by atoms with Gasteiger partial charge in [-0.25, -0.2) is 8.42 Å². The molecule has 1 unspecified atom stereocenters. The van der Waals surface area contributed by atoms with E-state index in [4.69, 9.17) is 23.2 Å². The number of anilines is 1. The Bertz CT molecular complexity index is 1270. The van der Waals surface area contributed by atoms with Crippen molar-refractivity contribution < 1.29 is 18.0 Å². The van der Waals surface area contributed by atoms with Gasteiger partial charge in [-0.1, -0.05) is 71.4 Å². The minimum Gasteiger partial charge on any atom is -0.352 e. The first-order valence-electron chi connectivity index (χ1n) is 12.7.